The van der Waals surface area contributed by atoms with Crippen molar-refractivity contribution in [2.75, 3.05) is 10.6 Å². The Kier molecular flexibility index (Phi) is 4.28. The van der Waals surface area contributed by atoms with Crippen LogP contribution in [0.4, 0.5) is 11.5 Å². The molecule has 0 unspecified atom stereocenters. The Morgan fingerprint density at radius 2 is 1.85 bits per heavy atom. The largest absolute Gasteiger partial charge is 0.337 e. The van der Waals surface area contributed by atoms with E-state index >= 15 is 0 Å². The molecular weight excluding hydrogens is 344 g/mol. The number of nitrogens with zero attached hydrogens (tertiary/aromatic N) is 3. The quantitative estimate of drug-likeness (QED) is 0.475. The number of pyridine rings is 2. The second-order valence-corrected chi connectivity index (χ2v) is 5.70. The number of aromatic amines is 1. The first-order chi connectivity index (χ1) is 13.2. The smallest absolute Gasteiger partial charge is 0.256 e. The van der Waals surface area contributed by atoms with Gasteiger partial charge in [0.15, 0.2) is 0 Å². The molecule has 4 aromatic rings. The fraction of sp³-hybridized carbons (Fsp3) is 0. The molecular formula is C19H14N6O2. The summed E-state index contributed by atoms with van der Waals surface area (Å²) in [6.45, 7) is 0. The first kappa shape index (κ1) is 16.4. The van der Waals surface area contributed by atoms with E-state index in [1.54, 1.807) is 48.9 Å². The maximum atomic E-state index is 12.2. The highest BCUT2D eigenvalue weighted by molar-refractivity contribution is 6.04. The van der Waals surface area contributed by atoms with Crippen molar-refractivity contribution in [1.82, 2.24) is 19.9 Å². The SMILES string of the molecule is O=CNc1ccc(-c2nc3cc(NC(=O)c4ccncc4)ncc3[nH]2)cc1. The number of imidazole rings is 1. The summed E-state index contributed by atoms with van der Waals surface area (Å²) in [5.74, 6) is 0.813. The summed E-state index contributed by atoms with van der Waals surface area (Å²) >= 11 is 0. The molecule has 3 heterocycles. The number of benzene rings is 1. The van der Waals surface area contributed by atoms with E-state index in [9.17, 15) is 9.59 Å². The van der Waals surface area contributed by atoms with Gasteiger partial charge in [-0.25, -0.2) is 9.97 Å². The summed E-state index contributed by atoms with van der Waals surface area (Å²) in [7, 11) is 0. The van der Waals surface area contributed by atoms with E-state index in [0.29, 0.717) is 34.8 Å². The van der Waals surface area contributed by atoms with Crippen molar-refractivity contribution in [2.24, 2.45) is 0 Å². The van der Waals surface area contributed by atoms with Gasteiger partial charge in [-0.15, -0.1) is 0 Å². The predicted octanol–water partition coefficient (Wildman–Crippen LogP) is 2.84. The topological polar surface area (TPSA) is 113 Å². The van der Waals surface area contributed by atoms with Crippen molar-refractivity contribution in [3.8, 4) is 11.4 Å². The molecule has 27 heavy (non-hydrogen) atoms. The molecule has 1 aromatic carbocycles. The third kappa shape index (κ3) is 3.49. The Bertz CT molecular complexity index is 1110. The minimum Gasteiger partial charge on any atom is -0.337 e. The molecule has 0 fully saturated rings. The lowest BCUT2D eigenvalue weighted by molar-refractivity contribution is -0.105. The summed E-state index contributed by atoms with van der Waals surface area (Å²) in [6, 6.07) is 12.2. The van der Waals surface area contributed by atoms with Crippen LogP contribution >= 0.6 is 0 Å². The van der Waals surface area contributed by atoms with Crippen molar-refractivity contribution in [3.63, 3.8) is 0 Å². The van der Waals surface area contributed by atoms with E-state index in [4.69, 9.17) is 0 Å². The summed E-state index contributed by atoms with van der Waals surface area (Å²) in [5.41, 5.74) is 3.50. The zero-order valence-corrected chi connectivity index (χ0v) is 14.0. The van der Waals surface area contributed by atoms with Crippen LogP contribution in [0.3, 0.4) is 0 Å². The first-order valence-corrected chi connectivity index (χ1v) is 8.11. The Morgan fingerprint density at radius 3 is 2.59 bits per heavy atom. The van der Waals surface area contributed by atoms with Gasteiger partial charge in [-0.05, 0) is 36.4 Å². The van der Waals surface area contributed by atoms with Crippen LogP contribution in [-0.2, 0) is 4.79 Å². The van der Waals surface area contributed by atoms with E-state index in [1.807, 2.05) is 12.1 Å². The summed E-state index contributed by atoms with van der Waals surface area (Å²) in [4.78, 5) is 38.6. The number of rotatable bonds is 5. The molecule has 0 saturated heterocycles. The Balaban J connectivity index is 1.58. The second kappa shape index (κ2) is 7.04. The summed E-state index contributed by atoms with van der Waals surface area (Å²) in [5, 5.41) is 5.33. The van der Waals surface area contributed by atoms with E-state index < -0.39 is 0 Å². The van der Waals surface area contributed by atoms with Crippen LogP contribution in [0.1, 0.15) is 10.4 Å². The lowest BCUT2D eigenvalue weighted by Gasteiger charge is -2.03. The van der Waals surface area contributed by atoms with E-state index in [-0.39, 0.29) is 5.91 Å². The number of carbonyl (C=O) groups is 2. The van der Waals surface area contributed by atoms with Gasteiger partial charge in [-0.1, -0.05) is 0 Å². The van der Waals surface area contributed by atoms with Crippen LogP contribution in [0.5, 0.6) is 0 Å². The van der Waals surface area contributed by atoms with Crippen LogP contribution in [0.15, 0.2) is 61.1 Å². The average Bonchev–Trinajstić information content (AvgIpc) is 3.13. The van der Waals surface area contributed by atoms with Crippen LogP contribution in [-0.4, -0.2) is 32.3 Å². The normalized spacial score (nSPS) is 10.5. The number of fused-ring (bicyclic) bond motifs is 1. The van der Waals surface area contributed by atoms with Gasteiger partial charge in [-0.2, -0.15) is 0 Å². The number of anilines is 2. The van der Waals surface area contributed by atoms with Gasteiger partial charge in [0.25, 0.3) is 5.91 Å². The van der Waals surface area contributed by atoms with E-state index in [1.165, 1.54) is 0 Å². The number of hydrogen-bond acceptors (Lipinski definition) is 5. The molecule has 0 atom stereocenters. The Morgan fingerprint density at radius 1 is 1.07 bits per heavy atom. The van der Waals surface area contributed by atoms with Gasteiger partial charge in [0.2, 0.25) is 6.41 Å². The van der Waals surface area contributed by atoms with E-state index in [2.05, 4.69) is 30.6 Å². The molecule has 0 bridgehead atoms. The molecule has 0 aliphatic carbocycles. The summed E-state index contributed by atoms with van der Waals surface area (Å²) in [6.07, 6.45) is 5.36. The molecule has 2 amide bonds. The number of amides is 2. The number of H-pyrrole nitrogens is 1. The molecule has 132 valence electrons. The predicted molar refractivity (Wildman–Crippen MR) is 101 cm³/mol. The molecule has 3 N–H and O–H groups in total. The van der Waals surface area contributed by atoms with Crippen LogP contribution in [0.25, 0.3) is 22.4 Å². The van der Waals surface area contributed by atoms with E-state index in [0.717, 1.165) is 11.1 Å². The third-order valence-corrected chi connectivity index (χ3v) is 3.94. The monoisotopic (exact) mass is 358 g/mol. The highest BCUT2D eigenvalue weighted by atomic mass is 16.1. The molecule has 0 saturated carbocycles. The highest BCUT2D eigenvalue weighted by Crippen LogP contribution is 2.23. The lowest BCUT2D eigenvalue weighted by atomic mass is 10.2. The molecule has 0 aliphatic rings. The fourth-order valence-corrected chi connectivity index (χ4v) is 2.60. The van der Waals surface area contributed by atoms with Gasteiger partial charge < -0.3 is 15.6 Å². The molecule has 0 spiro atoms. The highest BCUT2D eigenvalue weighted by Gasteiger charge is 2.10. The van der Waals surface area contributed by atoms with Crippen molar-refractivity contribution < 1.29 is 9.59 Å². The zero-order valence-electron chi connectivity index (χ0n) is 14.0. The molecule has 8 nitrogen and oxygen atoms in total. The van der Waals surface area contributed by atoms with Crippen LogP contribution in [0, 0.1) is 0 Å². The number of aromatic nitrogens is 4. The summed E-state index contributed by atoms with van der Waals surface area (Å²) < 4.78 is 0. The van der Waals surface area contributed by atoms with Crippen molar-refractivity contribution in [1.29, 1.82) is 0 Å². The van der Waals surface area contributed by atoms with Crippen LogP contribution < -0.4 is 10.6 Å². The van der Waals surface area contributed by atoms with Crippen molar-refractivity contribution in [3.05, 3.63) is 66.6 Å². The van der Waals surface area contributed by atoms with Gasteiger partial charge in [0.1, 0.15) is 11.6 Å². The number of nitrogens with one attached hydrogen (secondary N) is 3. The maximum absolute atomic E-state index is 12.2. The average molecular weight is 358 g/mol. The zero-order chi connectivity index (χ0) is 18.6. The van der Waals surface area contributed by atoms with Crippen LogP contribution in [0.2, 0.25) is 0 Å². The third-order valence-electron chi connectivity index (χ3n) is 3.94. The standard InChI is InChI=1S/C19H14N6O2/c26-11-22-14-3-1-12(2-4-14)18-23-15-9-17(21-10-16(15)24-18)25-19(27)13-5-7-20-8-6-13/h1-11H,(H,22,26)(H,23,24)(H,21,25,27). The van der Waals surface area contributed by atoms with Gasteiger partial charge in [0.05, 0.1) is 17.2 Å². The van der Waals surface area contributed by atoms with Gasteiger partial charge in [-0.3, -0.25) is 14.6 Å². The first-order valence-electron chi connectivity index (χ1n) is 8.11. The minimum atomic E-state index is -0.265. The molecule has 4 rings (SSSR count). The van der Waals surface area contributed by atoms with Gasteiger partial charge in [0, 0.05) is 35.3 Å². The second-order valence-electron chi connectivity index (χ2n) is 5.70. The minimum absolute atomic E-state index is 0.265. The molecule has 8 heteroatoms. The lowest BCUT2D eigenvalue weighted by Crippen LogP contribution is -2.12. The van der Waals surface area contributed by atoms with Gasteiger partial charge >= 0.3 is 0 Å². The number of hydrogen-bond donors (Lipinski definition) is 3. The Hall–Kier alpha value is -4.07. The Labute approximate surface area is 153 Å². The fourth-order valence-electron chi connectivity index (χ4n) is 2.60. The molecule has 3 aromatic heterocycles. The number of carbonyl (C=O) groups excluding carboxylic acids is 2. The van der Waals surface area contributed by atoms with Crippen molar-refractivity contribution >= 4 is 34.9 Å². The van der Waals surface area contributed by atoms with Crippen molar-refractivity contribution in [2.45, 2.75) is 0 Å². The maximum Gasteiger partial charge on any atom is 0.256 e. The molecule has 0 radical (unpaired) electrons. The molecule has 0 aliphatic heterocycles.